The third-order valence-corrected chi connectivity index (χ3v) is 6.04. The minimum Gasteiger partial charge on any atom is -0.378 e. The topological polar surface area (TPSA) is 33.0 Å². The molecule has 2 aliphatic rings. The molecule has 1 aromatic rings. The van der Waals surface area contributed by atoms with Gasteiger partial charge >= 0.3 is 0 Å². The second-order valence-corrected chi connectivity index (χ2v) is 7.89. The molecule has 0 heterocycles. The van der Waals surface area contributed by atoms with Gasteiger partial charge in [0.05, 0.1) is 6.10 Å². The highest BCUT2D eigenvalue weighted by atomic mass is 19.2. The molecule has 0 bridgehead atoms. The monoisotopic (exact) mass is 377 g/mol. The maximum absolute atomic E-state index is 13.4. The summed E-state index contributed by atoms with van der Waals surface area (Å²) in [6, 6.07) is 5.78. The quantitative estimate of drug-likeness (QED) is 0.573. The van der Waals surface area contributed by atoms with E-state index in [4.69, 9.17) is 10.00 Å². The van der Waals surface area contributed by atoms with Crippen molar-refractivity contribution in [3.8, 4) is 6.07 Å². The summed E-state index contributed by atoms with van der Waals surface area (Å²) < 4.78 is 45.6. The van der Waals surface area contributed by atoms with E-state index in [0.29, 0.717) is 11.8 Å². The van der Waals surface area contributed by atoms with Crippen LogP contribution < -0.4 is 0 Å². The number of halogens is 3. The Bertz CT molecular complexity index is 696. The van der Waals surface area contributed by atoms with Gasteiger partial charge in [-0.25, -0.2) is 8.78 Å². The summed E-state index contributed by atoms with van der Waals surface area (Å²) in [6.07, 6.45) is 9.23. The largest absolute Gasteiger partial charge is 0.378 e. The second kappa shape index (κ2) is 9.41. The van der Waals surface area contributed by atoms with Crippen LogP contribution in [0.2, 0.25) is 0 Å². The average molecular weight is 377 g/mol. The second-order valence-electron chi connectivity index (χ2n) is 7.89. The molecule has 0 spiro atoms. The van der Waals surface area contributed by atoms with Crippen molar-refractivity contribution in [2.75, 3.05) is 6.61 Å². The van der Waals surface area contributed by atoms with Crippen LogP contribution in [-0.2, 0) is 4.74 Å². The minimum atomic E-state index is -0.790. The maximum Gasteiger partial charge on any atom is 0.196 e. The Labute approximate surface area is 159 Å². The molecule has 27 heavy (non-hydrogen) atoms. The molecule has 0 amide bonds. The third-order valence-electron chi connectivity index (χ3n) is 6.04. The van der Waals surface area contributed by atoms with E-state index in [-0.39, 0.29) is 12.0 Å². The Kier molecular flexibility index (Phi) is 6.95. The van der Waals surface area contributed by atoms with Gasteiger partial charge in [-0.15, -0.1) is 0 Å². The van der Waals surface area contributed by atoms with Crippen LogP contribution in [0.25, 0.3) is 0 Å². The van der Waals surface area contributed by atoms with Crippen molar-refractivity contribution >= 4 is 0 Å². The highest BCUT2D eigenvalue weighted by molar-refractivity contribution is 5.22. The van der Waals surface area contributed by atoms with E-state index in [2.05, 4.69) is 0 Å². The lowest BCUT2D eigenvalue weighted by Crippen LogP contribution is -2.25. The van der Waals surface area contributed by atoms with Crippen molar-refractivity contribution in [2.24, 2.45) is 11.8 Å². The fraction of sp³-hybridized carbons (Fsp3) is 0.591. The van der Waals surface area contributed by atoms with Gasteiger partial charge in [0.2, 0.25) is 0 Å². The smallest absolute Gasteiger partial charge is 0.196 e. The Balaban J connectivity index is 1.38. The van der Waals surface area contributed by atoms with Gasteiger partial charge < -0.3 is 4.74 Å². The first-order valence-corrected chi connectivity index (χ1v) is 9.89. The van der Waals surface area contributed by atoms with Gasteiger partial charge in [0, 0.05) is 6.61 Å². The van der Waals surface area contributed by atoms with Crippen molar-refractivity contribution in [2.45, 2.75) is 63.4 Å². The summed E-state index contributed by atoms with van der Waals surface area (Å²) in [5.41, 5.74) is 0.893. The highest BCUT2D eigenvalue weighted by Gasteiger charge is 2.26. The number of hydrogen-bond acceptors (Lipinski definition) is 2. The summed E-state index contributed by atoms with van der Waals surface area (Å²) in [5.74, 6) is -1.28. The van der Waals surface area contributed by atoms with Crippen molar-refractivity contribution < 1.29 is 17.9 Å². The molecule has 1 aromatic carbocycles. The van der Waals surface area contributed by atoms with Crippen molar-refractivity contribution in [1.82, 2.24) is 0 Å². The lowest BCUT2D eigenvalue weighted by molar-refractivity contribution is -0.00466. The molecule has 0 N–H and O–H groups in total. The van der Waals surface area contributed by atoms with Crippen LogP contribution in [0.4, 0.5) is 13.2 Å². The number of nitrogens with zero attached hydrogens (tertiary/aromatic N) is 1. The number of rotatable bonds is 5. The van der Waals surface area contributed by atoms with Crippen molar-refractivity contribution in [3.05, 3.63) is 47.3 Å². The van der Waals surface area contributed by atoms with Gasteiger partial charge in [0.15, 0.2) is 17.5 Å². The molecule has 0 unspecified atom stereocenters. The lowest BCUT2D eigenvalue weighted by atomic mass is 9.79. The molecular formula is C22H26F3NO. The van der Waals surface area contributed by atoms with Gasteiger partial charge in [-0.05, 0) is 92.9 Å². The van der Waals surface area contributed by atoms with Gasteiger partial charge in [0.25, 0.3) is 0 Å². The van der Waals surface area contributed by atoms with Crippen LogP contribution in [0, 0.1) is 34.8 Å². The Morgan fingerprint density at radius 3 is 2.37 bits per heavy atom. The van der Waals surface area contributed by atoms with E-state index in [0.717, 1.165) is 63.5 Å². The van der Waals surface area contributed by atoms with E-state index >= 15 is 0 Å². The first-order chi connectivity index (χ1) is 13.0. The molecule has 2 nitrogen and oxygen atoms in total. The minimum absolute atomic E-state index is 0.149. The summed E-state index contributed by atoms with van der Waals surface area (Å²) in [6.45, 7) is 0.738. The standard InChI is InChI=1S/C22H26F3NO/c23-19(13-26)11-15-3-8-20(9-4-15)27-14-16-1-5-17(6-2-16)18-7-10-21(24)22(25)12-18/h7,10-12,15-17,20H,1-6,8-9,14H2/t15-,16-,17-,20-. The SMILES string of the molecule is N#CC(F)=C[C@H]1CC[C@H](OC[C@H]2CC[C@H](c3ccc(F)c(F)c3)CC2)CC1. The average Bonchev–Trinajstić information content (AvgIpc) is 2.70. The molecule has 0 atom stereocenters. The van der Waals surface area contributed by atoms with Crippen LogP contribution >= 0.6 is 0 Å². The summed E-state index contributed by atoms with van der Waals surface area (Å²) in [4.78, 5) is 0. The predicted octanol–water partition coefficient (Wildman–Crippen LogP) is 6.19. The molecule has 146 valence electrons. The van der Waals surface area contributed by atoms with E-state index in [1.165, 1.54) is 24.3 Å². The molecule has 0 radical (unpaired) electrons. The molecule has 0 aromatic heterocycles. The molecule has 0 saturated heterocycles. The Morgan fingerprint density at radius 1 is 1.04 bits per heavy atom. The number of allylic oxidation sites excluding steroid dienone is 2. The molecular weight excluding hydrogens is 351 g/mol. The van der Waals surface area contributed by atoms with Crippen LogP contribution in [0.1, 0.15) is 62.8 Å². The number of hydrogen-bond donors (Lipinski definition) is 0. The molecule has 2 aliphatic carbocycles. The van der Waals surface area contributed by atoms with E-state index < -0.39 is 17.5 Å². The summed E-state index contributed by atoms with van der Waals surface area (Å²) in [5, 5.41) is 8.51. The predicted molar refractivity (Wildman–Crippen MR) is 97.6 cm³/mol. The molecule has 3 rings (SSSR count). The highest BCUT2D eigenvalue weighted by Crippen LogP contribution is 2.37. The molecule has 2 saturated carbocycles. The number of ether oxygens (including phenoxy) is 1. The first-order valence-electron chi connectivity index (χ1n) is 9.89. The normalized spacial score (nSPS) is 29.3. The molecule has 5 heteroatoms. The number of nitriles is 1. The fourth-order valence-electron chi connectivity index (χ4n) is 4.37. The van der Waals surface area contributed by atoms with Crippen molar-refractivity contribution in [1.29, 1.82) is 5.26 Å². The zero-order chi connectivity index (χ0) is 19.2. The van der Waals surface area contributed by atoms with E-state index in [1.807, 2.05) is 0 Å². The van der Waals surface area contributed by atoms with Gasteiger partial charge in [-0.3, -0.25) is 0 Å². The van der Waals surface area contributed by atoms with Crippen LogP contribution in [-0.4, -0.2) is 12.7 Å². The van der Waals surface area contributed by atoms with Crippen LogP contribution in [0.3, 0.4) is 0 Å². The number of benzene rings is 1. The molecule has 2 fully saturated rings. The summed E-state index contributed by atoms with van der Waals surface area (Å²) in [7, 11) is 0. The van der Waals surface area contributed by atoms with Crippen molar-refractivity contribution in [3.63, 3.8) is 0 Å². The third kappa shape index (κ3) is 5.59. The van der Waals surface area contributed by atoms with Gasteiger partial charge in [-0.1, -0.05) is 6.07 Å². The first kappa shape index (κ1) is 19.9. The Hall–Kier alpha value is -1.80. The van der Waals surface area contributed by atoms with Crippen LogP contribution in [0.5, 0.6) is 0 Å². The van der Waals surface area contributed by atoms with E-state index in [9.17, 15) is 13.2 Å². The molecule has 0 aliphatic heterocycles. The zero-order valence-corrected chi connectivity index (χ0v) is 15.5. The fourth-order valence-corrected chi connectivity index (χ4v) is 4.37. The zero-order valence-electron chi connectivity index (χ0n) is 15.5. The Morgan fingerprint density at radius 2 is 1.74 bits per heavy atom. The lowest BCUT2D eigenvalue weighted by Gasteiger charge is -2.32. The van der Waals surface area contributed by atoms with Gasteiger partial charge in [-0.2, -0.15) is 9.65 Å². The summed E-state index contributed by atoms with van der Waals surface area (Å²) >= 11 is 0. The van der Waals surface area contributed by atoms with Crippen LogP contribution in [0.15, 0.2) is 30.1 Å². The van der Waals surface area contributed by atoms with E-state index in [1.54, 1.807) is 6.07 Å². The van der Waals surface area contributed by atoms with Gasteiger partial charge in [0.1, 0.15) is 6.07 Å². The maximum atomic E-state index is 13.4.